The zero-order valence-corrected chi connectivity index (χ0v) is 10.5. The highest BCUT2D eigenvalue weighted by Gasteiger charge is 2.10. The van der Waals surface area contributed by atoms with E-state index in [4.69, 9.17) is 10.4 Å². The number of rotatable bonds is 3. The van der Waals surface area contributed by atoms with Crippen LogP contribution in [-0.2, 0) is 0 Å². The first-order chi connectivity index (χ1) is 9.49. The SMILES string of the molecule is Cc1cc(C#N)cc(Nc2ccc(C(=O)O)c(F)c2)n1. The molecule has 2 aromatic rings. The van der Waals surface area contributed by atoms with Crippen molar-refractivity contribution in [2.75, 3.05) is 5.32 Å². The number of carbonyl (C=O) groups is 1. The monoisotopic (exact) mass is 271 g/mol. The molecule has 0 spiro atoms. The lowest BCUT2D eigenvalue weighted by Crippen LogP contribution is -2.02. The Morgan fingerprint density at radius 2 is 2.15 bits per heavy atom. The molecule has 0 radical (unpaired) electrons. The maximum absolute atomic E-state index is 13.5. The number of carboxylic acid groups (broad SMARTS) is 1. The molecule has 1 heterocycles. The first-order valence-electron chi connectivity index (χ1n) is 5.68. The predicted molar refractivity (Wildman–Crippen MR) is 70.3 cm³/mol. The Hall–Kier alpha value is -2.94. The average molecular weight is 271 g/mol. The van der Waals surface area contributed by atoms with Crippen LogP contribution in [0.4, 0.5) is 15.9 Å². The molecule has 0 bridgehead atoms. The zero-order chi connectivity index (χ0) is 14.7. The standard InChI is InChI=1S/C14H10FN3O2/c1-8-4-9(7-16)5-13(17-8)18-10-2-3-11(14(19)20)12(15)6-10/h2-6H,1H3,(H,17,18)(H,19,20). The van der Waals surface area contributed by atoms with Crippen molar-refractivity contribution in [2.24, 2.45) is 0 Å². The molecule has 100 valence electrons. The maximum atomic E-state index is 13.5. The number of carboxylic acids is 1. The van der Waals surface area contributed by atoms with Gasteiger partial charge in [-0.05, 0) is 37.3 Å². The first kappa shape index (κ1) is 13.5. The predicted octanol–water partition coefficient (Wildman–Crippen LogP) is 2.84. The Labute approximate surface area is 114 Å². The van der Waals surface area contributed by atoms with E-state index in [1.165, 1.54) is 18.2 Å². The summed E-state index contributed by atoms with van der Waals surface area (Å²) in [5, 5.41) is 20.4. The Morgan fingerprint density at radius 1 is 1.40 bits per heavy atom. The van der Waals surface area contributed by atoms with Crippen molar-refractivity contribution in [2.45, 2.75) is 6.92 Å². The lowest BCUT2D eigenvalue weighted by molar-refractivity contribution is 0.0692. The van der Waals surface area contributed by atoms with E-state index in [-0.39, 0.29) is 0 Å². The third-order valence-corrected chi connectivity index (χ3v) is 2.55. The molecule has 1 aromatic heterocycles. The van der Waals surface area contributed by atoms with Gasteiger partial charge in [-0.25, -0.2) is 14.2 Å². The van der Waals surface area contributed by atoms with Gasteiger partial charge in [-0.15, -0.1) is 0 Å². The summed E-state index contributed by atoms with van der Waals surface area (Å²) in [7, 11) is 0. The topological polar surface area (TPSA) is 86.0 Å². The third kappa shape index (κ3) is 2.90. The number of pyridine rings is 1. The van der Waals surface area contributed by atoms with Gasteiger partial charge in [0.2, 0.25) is 0 Å². The summed E-state index contributed by atoms with van der Waals surface area (Å²) in [4.78, 5) is 14.9. The summed E-state index contributed by atoms with van der Waals surface area (Å²) in [6, 6.07) is 8.82. The number of hydrogen-bond donors (Lipinski definition) is 2. The molecule has 2 N–H and O–H groups in total. The van der Waals surface area contributed by atoms with Gasteiger partial charge in [0.1, 0.15) is 11.6 Å². The van der Waals surface area contributed by atoms with Crippen molar-refractivity contribution < 1.29 is 14.3 Å². The largest absolute Gasteiger partial charge is 0.478 e. The van der Waals surface area contributed by atoms with Crippen molar-refractivity contribution in [3.63, 3.8) is 0 Å². The van der Waals surface area contributed by atoms with E-state index in [0.29, 0.717) is 22.8 Å². The van der Waals surface area contributed by atoms with Gasteiger partial charge in [0, 0.05) is 11.4 Å². The van der Waals surface area contributed by atoms with Crippen molar-refractivity contribution >= 4 is 17.5 Å². The van der Waals surface area contributed by atoms with Gasteiger partial charge in [-0.3, -0.25) is 0 Å². The normalized spacial score (nSPS) is 9.85. The molecule has 0 fully saturated rings. The fraction of sp³-hybridized carbons (Fsp3) is 0.0714. The quantitative estimate of drug-likeness (QED) is 0.896. The molecular formula is C14H10FN3O2. The minimum atomic E-state index is -1.32. The second-order valence-corrected chi connectivity index (χ2v) is 4.12. The average Bonchev–Trinajstić information content (AvgIpc) is 2.37. The van der Waals surface area contributed by atoms with E-state index in [9.17, 15) is 9.18 Å². The molecule has 0 aliphatic heterocycles. The smallest absolute Gasteiger partial charge is 0.338 e. The molecular weight excluding hydrogens is 261 g/mol. The molecule has 0 unspecified atom stereocenters. The van der Waals surface area contributed by atoms with Crippen molar-refractivity contribution in [3.8, 4) is 6.07 Å². The molecule has 0 saturated heterocycles. The second kappa shape index (κ2) is 5.36. The highest BCUT2D eigenvalue weighted by Crippen LogP contribution is 2.19. The van der Waals surface area contributed by atoms with Gasteiger partial charge in [-0.1, -0.05) is 0 Å². The summed E-state index contributed by atoms with van der Waals surface area (Å²) < 4.78 is 13.5. The number of benzene rings is 1. The second-order valence-electron chi connectivity index (χ2n) is 4.12. The summed E-state index contributed by atoms with van der Waals surface area (Å²) in [5.74, 6) is -1.77. The molecule has 5 nitrogen and oxygen atoms in total. The number of nitrogens with one attached hydrogen (secondary N) is 1. The van der Waals surface area contributed by atoms with Crippen LogP contribution in [0.1, 0.15) is 21.6 Å². The zero-order valence-electron chi connectivity index (χ0n) is 10.5. The van der Waals surface area contributed by atoms with Gasteiger partial charge in [0.05, 0.1) is 17.2 Å². The Bertz CT molecular complexity index is 723. The van der Waals surface area contributed by atoms with Crippen LogP contribution >= 0.6 is 0 Å². The maximum Gasteiger partial charge on any atom is 0.338 e. The number of aromatic nitrogens is 1. The molecule has 0 saturated carbocycles. The van der Waals surface area contributed by atoms with Gasteiger partial charge in [0.25, 0.3) is 0 Å². The van der Waals surface area contributed by atoms with Gasteiger partial charge < -0.3 is 10.4 Å². The van der Waals surface area contributed by atoms with E-state index in [2.05, 4.69) is 10.3 Å². The highest BCUT2D eigenvalue weighted by atomic mass is 19.1. The number of nitriles is 1. The molecule has 6 heteroatoms. The van der Waals surface area contributed by atoms with Crippen LogP contribution in [0.3, 0.4) is 0 Å². The first-order valence-corrected chi connectivity index (χ1v) is 5.68. The minimum Gasteiger partial charge on any atom is -0.478 e. The third-order valence-electron chi connectivity index (χ3n) is 2.55. The molecule has 1 aromatic carbocycles. The summed E-state index contributed by atoms with van der Waals surface area (Å²) >= 11 is 0. The number of hydrogen-bond acceptors (Lipinski definition) is 4. The van der Waals surface area contributed by atoms with Crippen LogP contribution in [0.25, 0.3) is 0 Å². The fourth-order valence-corrected chi connectivity index (χ4v) is 1.71. The Balaban J connectivity index is 2.31. The Kier molecular flexibility index (Phi) is 3.62. The number of nitrogens with zero attached hydrogens (tertiary/aromatic N) is 2. The minimum absolute atomic E-state index is 0.356. The molecule has 0 atom stereocenters. The lowest BCUT2D eigenvalue weighted by atomic mass is 10.2. The summed E-state index contributed by atoms with van der Waals surface area (Å²) in [5.41, 5.74) is 1.04. The fourth-order valence-electron chi connectivity index (χ4n) is 1.71. The molecule has 20 heavy (non-hydrogen) atoms. The van der Waals surface area contributed by atoms with Crippen molar-refractivity contribution in [1.82, 2.24) is 4.98 Å². The molecule has 0 aliphatic rings. The molecule has 2 rings (SSSR count). The van der Waals surface area contributed by atoms with Crippen LogP contribution in [0.2, 0.25) is 0 Å². The van der Waals surface area contributed by atoms with Gasteiger partial charge in [0.15, 0.2) is 0 Å². The van der Waals surface area contributed by atoms with Crippen molar-refractivity contribution in [1.29, 1.82) is 5.26 Å². The molecule has 0 aliphatic carbocycles. The van der Waals surface area contributed by atoms with Crippen molar-refractivity contribution in [3.05, 3.63) is 53.0 Å². The van der Waals surface area contributed by atoms with Crippen LogP contribution in [-0.4, -0.2) is 16.1 Å². The number of halogens is 1. The Morgan fingerprint density at radius 3 is 2.75 bits per heavy atom. The van der Waals surface area contributed by atoms with Gasteiger partial charge in [-0.2, -0.15) is 5.26 Å². The van der Waals surface area contributed by atoms with Crippen LogP contribution in [0.15, 0.2) is 30.3 Å². The number of aryl methyl sites for hydroxylation is 1. The highest BCUT2D eigenvalue weighted by molar-refractivity contribution is 5.88. The van der Waals surface area contributed by atoms with E-state index in [1.807, 2.05) is 6.07 Å². The van der Waals surface area contributed by atoms with E-state index >= 15 is 0 Å². The van der Waals surface area contributed by atoms with Crippen LogP contribution < -0.4 is 5.32 Å². The number of aromatic carboxylic acids is 1. The summed E-state index contributed by atoms with van der Waals surface area (Å²) in [6.07, 6.45) is 0. The number of anilines is 2. The van der Waals surface area contributed by atoms with E-state index < -0.39 is 17.3 Å². The van der Waals surface area contributed by atoms with E-state index in [1.54, 1.807) is 13.0 Å². The van der Waals surface area contributed by atoms with Crippen LogP contribution in [0, 0.1) is 24.1 Å². The summed E-state index contributed by atoms with van der Waals surface area (Å²) in [6.45, 7) is 1.74. The van der Waals surface area contributed by atoms with E-state index in [0.717, 1.165) is 6.07 Å². The molecule has 0 amide bonds. The lowest BCUT2D eigenvalue weighted by Gasteiger charge is -2.08. The van der Waals surface area contributed by atoms with Crippen LogP contribution in [0.5, 0.6) is 0 Å². The van der Waals surface area contributed by atoms with Gasteiger partial charge >= 0.3 is 5.97 Å².